The van der Waals surface area contributed by atoms with E-state index in [1.165, 1.54) is 12.8 Å². The molecule has 6 heteroatoms. The first-order chi connectivity index (χ1) is 10.7. The molecule has 3 aliphatic carbocycles. The van der Waals surface area contributed by atoms with Gasteiger partial charge in [0.05, 0.1) is 6.04 Å². The topological polar surface area (TPSA) is 67.8 Å². The lowest BCUT2D eigenvalue weighted by atomic mass is 9.69. The van der Waals surface area contributed by atoms with E-state index in [0.29, 0.717) is 12.3 Å². The molecule has 1 saturated heterocycles. The molecule has 0 aromatic rings. The van der Waals surface area contributed by atoms with Crippen LogP contribution in [0.2, 0.25) is 0 Å². The van der Waals surface area contributed by atoms with Crippen molar-refractivity contribution in [2.75, 3.05) is 0 Å². The van der Waals surface area contributed by atoms with Crippen molar-refractivity contribution in [2.45, 2.75) is 83.1 Å². The second-order valence-electron chi connectivity index (χ2n) is 8.69. The first kappa shape index (κ1) is 15.7. The Hall–Kier alpha value is -0.780. The molecule has 1 aliphatic heterocycles. The van der Waals surface area contributed by atoms with E-state index in [2.05, 4.69) is 25.5 Å². The lowest BCUT2D eigenvalue weighted by Crippen LogP contribution is -2.54. The van der Waals surface area contributed by atoms with Gasteiger partial charge in [-0.25, -0.2) is 18.1 Å². The zero-order valence-corrected chi connectivity index (χ0v) is 15.2. The Kier molecular flexibility index (Phi) is 3.33. The molecule has 0 aromatic heterocycles. The monoisotopic (exact) mass is 340 g/mol. The van der Waals surface area contributed by atoms with Gasteiger partial charge in [-0.15, -0.1) is 0 Å². The summed E-state index contributed by atoms with van der Waals surface area (Å²) in [6, 6.07) is 0.414. The van der Waals surface area contributed by atoms with Gasteiger partial charge < -0.3 is 4.74 Å². The molecule has 0 spiro atoms. The maximum absolute atomic E-state index is 12.5. The summed E-state index contributed by atoms with van der Waals surface area (Å²) >= 11 is 0. The van der Waals surface area contributed by atoms with Crippen LogP contribution >= 0.6 is 0 Å². The number of fused-ring (bicyclic) bond motifs is 3. The Labute approximate surface area is 139 Å². The van der Waals surface area contributed by atoms with Gasteiger partial charge in [0.15, 0.2) is 0 Å². The zero-order chi connectivity index (χ0) is 16.5. The van der Waals surface area contributed by atoms with Crippen LogP contribution in [-0.4, -0.2) is 31.8 Å². The van der Waals surface area contributed by atoms with Crippen LogP contribution in [0.1, 0.15) is 65.7 Å². The lowest BCUT2D eigenvalue weighted by Gasteiger charge is -2.39. The molecule has 0 amide bonds. The van der Waals surface area contributed by atoms with Crippen molar-refractivity contribution in [1.29, 1.82) is 0 Å². The van der Waals surface area contributed by atoms with Crippen molar-refractivity contribution in [2.24, 2.45) is 21.7 Å². The van der Waals surface area contributed by atoms with Gasteiger partial charge >= 0.3 is 0 Å². The van der Waals surface area contributed by atoms with Gasteiger partial charge in [0.25, 0.3) is 6.02 Å². The minimum atomic E-state index is -3.34. The van der Waals surface area contributed by atoms with E-state index < -0.39 is 15.3 Å². The Morgan fingerprint density at radius 3 is 2.57 bits per heavy atom. The second-order valence-corrected chi connectivity index (χ2v) is 10.6. The predicted octanol–water partition coefficient (Wildman–Crippen LogP) is 2.82. The SMILES string of the molecule is CC1(C)[C@@H]2CC[C@@]1(C)[C@@H](N=C1NS(=O)(=O)C3CCCCC3O1)C2. The molecule has 5 nitrogen and oxygen atoms in total. The highest BCUT2D eigenvalue weighted by molar-refractivity contribution is 7.90. The minimum Gasteiger partial charge on any atom is -0.460 e. The molecule has 0 radical (unpaired) electrons. The number of ether oxygens (including phenoxy) is 1. The number of hydrogen-bond donors (Lipinski definition) is 1. The third kappa shape index (κ3) is 2.16. The summed E-state index contributed by atoms with van der Waals surface area (Å²) < 4.78 is 33.6. The fourth-order valence-corrected chi connectivity index (χ4v) is 7.04. The number of nitrogens with one attached hydrogen (secondary N) is 1. The highest BCUT2D eigenvalue weighted by atomic mass is 32.2. The van der Waals surface area contributed by atoms with Gasteiger partial charge in [0.2, 0.25) is 10.0 Å². The van der Waals surface area contributed by atoms with Crippen LogP contribution in [0.15, 0.2) is 4.99 Å². The molecule has 2 bridgehead atoms. The molecule has 1 N–H and O–H groups in total. The molecular weight excluding hydrogens is 312 g/mol. The average molecular weight is 340 g/mol. The van der Waals surface area contributed by atoms with Crippen LogP contribution in [0.4, 0.5) is 0 Å². The van der Waals surface area contributed by atoms with E-state index in [1.54, 1.807) is 0 Å². The Bertz CT molecular complexity index is 642. The maximum atomic E-state index is 12.5. The molecule has 5 atom stereocenters. The van der Waals surface area contributed by atoms with Gasteiger partial charge in [-0.05, 0) is 55.3 Å². The summed E-state index contributed by atoms with van der Waals surface area (Å²) in [6.07, 6.45) is 6.80. The fraction of sp³-hybridized carbons (Fsp3) is 0.941. The zero-order valence-electron chi connectivity index (χ0n) is 14.3. The Morgan fingerprint density at radius 2 is 1.91 bits per heavy atom. The summed E-state index contributed by atoms with van der Waals surface area (Å²) in [5.74, 6) is 0.685. The molecule has 4 fully saturated rings. The van der Waals surface area contributed by atoms with Crippen LogP contribution in [-0.2, 0) is 14.8 Å². The van der Waals surface area contributed by atoms with E-state index in [0.717, 1.165) is 25.7 Å². The third-order valence-electron chi connectivity index (χ3n) is 7.55. The number of hydrogen-bond acceptors (Lipinski definition) is 4. The highest BCUT2D eigenvalue weighted by Crippen LogP contribution is 2.66. The first-order valence-electron chi connectivity index (χ1n) is 9.00. The van der Waals surface area contributed by atoms with E-state index in [-0.39, 0.29) is 29.0 Å². The summed E-state index contributed by atoms with van der Waals surface area (Å²) in [5.41, 5.74) is 0.408. The third-order valence-corrected chi connectivity index (χ3v) is 9.35. The Balaban J connectivity index is 1.61. The van der Waals surface area contributed by atoms with E-state index in [9.17, 15) is 8.42 Å². The Morgan fingerprint density at radius 1 is 1.17 bits per heavy atom. The van der Waals surface area contributed by atoms with Crippen molar-refractivity contribution in [3.63, 3.8) is 0 Å². The van der Waals surface area contributed by atoms with E-state index in [4.69, 9.17) is 9.73 Å². The smallest absolute Gasteiger partial charge is 0.299 e. The van der Waals surface area contributed by atoms with Gasteiger partial charge in [0, 0.05) is 0 Å². The van der Waals surface area contributed by atoms with Crippen molar-refractivity contribution in [3.8, 4) is 0 Å². The largest absolute Gasteiger partial charge is 0.460 e. The standard InChI is InChI=1S/C17H28N2O3S/c1-16(2)11-8-9-17(16,3)14(10-11)18-15-19-23(20,21)13-7-5-4-6-12(13)22-15/h11-14H,4-10H2,1-3H3,(H,18,19)/t11-,12?,13?,14+,17+/m1/s1. The molecule has 0 aromatic carbocycles. The molecule has 3 saturated carbocycles. The van der Waals surface area contributed by atoms with Gasteiger partial charge in [-0.2, -0.15) is 0 Å². The highest BCUT2D eigenvalue weighted by Gasteiger charge is 2.61. The lowest BCUT2D eigenvalue weighted by molar-refractivity contribution is 0.119. The molecular formula is C17H28N2O3S. The summed E-state index contributed by atoms with van der Waals surface area (Å²) in [7, 11) is -3.34. The summed E-state index contributed by atoms with van der Waals surface area (Å²) in [4.78, 5) is 4.78. The molecule has 2 unspecified atom stereocenters. The quantitative estimate of drug-likeness (QED) is 0.798. The molecule has 23 heavy (non-hydrogen) atoms. The number of rotatable bonds is 1. The number of nitrogens with zero attached hydrogens (tertiary/aromatic N) is 1. The minimum absolute atomic E-state index is 0.142. The van der Waals surface area contributed by atoms with Gasteiger partial charge in [0.1, 0.15) is 11.4 Å². The fourth-order valence-electron chi connectivity index (χ4n) is 5.47. The summed E-state index contributed by atoms with van der Waals surface area (Å²) in [5, 5.41) is -0.401. The van der Waals surface area contributed by atoms with Gasteiger partial charge in [-0.1, -0.05) is 27.2 Å². The van der Waals surface area contributed by atoms with Crippen LogP contribution in [0.3, 0.4) is 0 Å². The number of amidine groups is 1. The molecule has 4 aliphatic rings. The predicted molar refractivity (Wildman–Crippen MR) is 89.6 cm³/mol. The molecule has 1 heterocycles. The number of aliphatic imine (C=N–C) groups is 1. The van der Waals surface area contributed by atoms with Crippen molar-refractivity contribution in [1.82, 2.24) is 4.72 Å². The van der Waals surface area contributed by atoms with Crippen LogP contribution < -0.4 is 4.72 Å². The van der Waals surface area contributed by atoms with Crippen LogP contribution in [0, 0.1) is 16.7 Å². The van der Waals surface area contributed by atoms with Crippen molar-refractivity contribution in [3.05, 3.63) is 0 Å². The van der Waals surface area contributed by atoms with E-state index in [1.807, 2.05) is 0 Å². The molecule has 130 valence electrons. The van der Waals surface area contributed by atoms with E-state index >= 15 is 0 Å². The van der Waals surface area contributed by atoms with Crippen LogP contribution in [0.5, 0.6) is 0 Å². The second kappa shape index (κ2) is 4.87. The number of sulfonamides is 1. The normalized spacial score (nSPS) is 48.6. The first-order valence-corrected chi connectivity index (χ1v) is 10.5. The molecule has 4 rings (SSSR count). The van der Waals surface area contributed by atoms with Crippen molar-refractivity contribution < 1.29 is 13.2 Å². The maximum Gasteiger partial charge on any atom is 0.299 e. The summed E-state index contributed by atoms with van der Waals surface area (Å²) in [6.45, 7) is 7.00. The van der Waals surface area contributed by atoms with Crippen molar-refractivity contribution >= 4 is 16.0 Å². The van der Waals surface area contributed by atoms with Gasteiger partial charge in [-0.3, -0.25) is 0 Å². The average Bonchev–Trinajstić information content (AvgIpc) is 2.80. The van der Waals surface area contributed by atoms with Crippen LogP contribution in [0.25, 0.3) is 0 Å².